The number of azo groups is 1. The molecule has 27 heavy (non-hydrogen) atoms. The van der Waals surface area contributed by atoms with Crippen molar-refractivity contribution in [1.29, 1.82) is 0 Å². The Morgan fingerprint density at radius 1 is 1.07 bits per heavy atom. The molecule has 1 heterocycles. The van der Waals surface area contributed by atoms with E-state index in [1.54, 1.807) is 6.92 Å². The van der Waals surface area contributed by atoms with Gasteiger partial charge in [0.25, 0.3) is 16.0 Å². The van der Waals surface area contributed by atoms with Crippen LogP contribution in [-0.4, -0.2) is 30.6 Å². The third kappa shape index (κ3) is 3.93. The summed E-state index contributed by atoms with van der Waals surface area (Å²) in [5, 5.41) is 13.7. The summed E-state index contributed by atoms with van der Waals surface area (Å²) < 4.78 is 31.3. The Balaban J connectivity index is 1.84. The zero-order valence-corrected chi connectivity index (χ0v) is 15.8. The van der Waals surface area contributed by atoms with Crippen molar-refractivity contribution in [2.45, 2.75) is 31.7 Å². The van der Waals surface area contributed by atoms with Gasteiger partial charge in [-0.15, -0.1) is 0 Å². The highest BCUT2D eigenvalue weighted by atomic mass is 32.2. The fraction of sp³-hybridized carbons (Fsp3) is 0.222. The Morgan fingerprint density at radius 3 is 2.37 bits per heavy atom. The number of nitrogens with zero attached hydrogens (tertiary/aromatic N) is 4. The average Bonchev–Trinajstić information content (AvgIpc) is 2.89. The largest absolute Gasteiger partial charge is 0.294 e. The molecule has 1 aliphatic rings. The third-order valence-electron chi connectivity index (χ3n) is 4.12. The van der Waals surface area contributed by atoms with Crippen LogP contribution in [0.2, 0.25) is 0 Å². The van der Waals surface area contributed by atoms with Crippen molar-refractivity contribution < 1.29 is 17.8 Å². The number of hydrogen-bond donors (Lipinski definition) is 1. The maximum absolute atomic E-state index is 12.7. The highest BCUT2D eigenvalue weighted by Gasteiger charge is 2.34. The van der Waals surface area contributed by atoms with Gasteiger partial charge in [0.15, 0.2) is 6.04 Å². The van der Waals surface area contributed by atoms with Crippen LogP contribution in [-0.2, 0) is 14.9 Å². The zero-order valence-electron chi connectivity index (χ0n) is 15.0. The quantitative estimate of drug-likeness (QED) is 0.641. The van der Waals surface area contributed by atoms with E-state index in [4.69, 9.17) is 4.55 Å². The van der Waals surface area contributed by atoms with Gasteiger partial charge < -0.3 is 0 Å². The molecule has 1 atom stereocenters. The molecule has 0 aromatic heterocycles. The molecule has 140 valence electrons. The molecule has 0 spiro atoms. The molecular formula is C18H18N4O4S. The van der Waals surface area contributed by atoms with Crippen molar-refractivity contribution in [2.24, 2.45) is 15.3 Å². The summed E-state index contributed by atoms with van der Waals surface area (Å²) in [6.45, 7) is 5.54. The second kappa shape index (κ2) is 7.01. The number of hydrazone groups is 1. The van der Waals surface area contributed by atoms with Gasteiger partial charge in [0.1, 0.15) is 0 Å². The first-order valence-electron chi connectivity index (χ1n) is 8.11. The van der Waals surface area contributed by atoms with E-state index in [0.717, 1.165) is 16.1 Å². The highest BCUT2D eigenvalue weighted by molar-refractivity contribution is 7.85. The van der Waals surface area contributed by atoms with Crippen molar-refractivity contribution in [1.82, 2.24) is 0 Å². The van der Waals surface area contributed by atoms with Crippen LogP contribution in [0.3, 0.4) is 0 Å². The van der Waals surface area contributed by atoms with E-state index in [9.17, 15) is 13.2 Å². The van der Waals surface area contributed by atoms with E-state index in [-0.39, 0.29) is 10.8 Å². The van der Waals surface area contributed by atoms with E-state index in [1.165, 1.54) is 24.3 Å². The molecule has 9 heteroatoms. The normalized spacial score (nSPS) is 17.6. The Hall–Kier alpha value is -2.91. The molecule has 0 aliphatic carbocycles. The first-order chi connectivity index (χ1) is 12.7. The van der Waals surface area contributed by atoms with Crippen molar-refractivity contribution in [3.05, 3.63) is 53.6 Å². The molecule has 0 bridgehead atoms. The second-order valence-corrected chi connectivity index (χ2v) is 7.69. The molecule has 0 saturated carbocycles. The van der Waals surface area contributed by atoms with Crippen LogP contribution in [0.5, 0.6) is 0 Å². The van der Waals surface area contributed by atoms with Gasteiger partial charge in [-0.3, -0.25) is 9.35 Å². The first kappa shape index (κ1) is 18.9. The van der Waals surface area contributed by atoms with E-state index in [2.05, 4.69) is 15.3 Å². The minimum absolute atomic E-state index is 0.259. The van der Waals surface area contributed by atoms with Gasteiger partial charge in [-0.05, 0) is 62.2 Å². The van der Waals surface area contributed by atoms with Gasteiger partial charge >= 0.3 is 0 Å². The van der Waals surface area contributed by atoms with Gasteiger partial charge in [-0.25, -0.2) is 0 Å². The second-order valence-electron chi connectivity index (χ2n) is 6.27. The smallest absolute Gasteiger partial charge is 0.282 e. The molecule has 0 fully saturated rings. The molecule has 0 radical (unpaired) electrons. The number of benzene rings is 2. The van der Waals surface area contributed by atoms with Gasteiger partial charge in [0, 0.05) is 0 Å². The van der Waals surface area contributed by atoms with Crippen LogP contribution < -0.4 is 5.01 Å². The van der Waals surface area contributed by atoms with Crippen molar-refractivity contribution in [3.8, 4) is 0 Å². The molecule has 3 rings (SSSR count). The van der Waals surface area contributed by atoms with E-state index >= 15 is 0 Å². The summed E-state index contributed by atoms with van der Waals surface area (Å²) in [7, 11) is -4.30. The summed E-state index contributed by atoms with van der Waals surface area (Å²) in [6, 6.07) is 10.1. The monoisotopic (exact) mass is 386 g/mol. The van der Waals surface area contributed by atoms with E-state index in [1.807, 2.05) is 32.0 Å². The Bertz CT molecular complexity index is 1060. The van der Waals surface area contributed by atoms with Gasteiger partial charge in [0.05, 0.1) is 22.0 Å². The number of carbonyl (C=O) groups excluding carboxylic acids is 1. The summed E-state index contributed by atoms with van der Waals surface area (Å²) in [4.78, 5) is 12.4. The average molecular weight is 386 g/mol. The molecule has 0 unspecified atom stereocenters. The summed E-state index contributed by atoms with van der Waals surface area (Å²) >= 11 is 0. The summed E-state index contributed by atoms with van der Waals surface area (Å²) in [5.41, 5.74) is 3.52. The molecule has 2 aromatic carbocycles. The Labute approximate surface area is 157 Å². The van der Waals surface area contributed by atoms with Gasteiger partial charge in [0.2, 0.25) is 0 Å². The van der Waals surface area contributed by atoms with Crippen molar-refractivity contribution in [3.63, 3.8) is 0 Å². The van der Waals surface area contributed by atoms with E-state index < -0.39 is 16.2 Å². The summed E-state index contributed by atoms with van der Waals surface area (Å²) in [6.07, 6.45) is 0. The number of carbonyl (C=O) groups is 1. The molecule has 1 N–H and O–H groups in total. The van der Waals surface area contributed by atoms with Crippen LogP contribution in [0.25, 0.3) is 0 Å². The van der Waals surface area contributed by atoms with E-state index in [0.29, 0.717) is 17.1 Å². The molecule has 1 amide bonds. The third-order valence-corrected chi connectivity index (χ3v) is 4.99. The molecule has 1 aliphatic heterocycles. The zero-order chi connectivity index (χ0) is 19.8. The first-order valence-corrected chi connectivity index (χ1v) is 9.55. The lowest BCUT2D eigenvalue weighted by Gasteiger charge is -2.12. The van der Waals surface area contributed by atoms with Crippen molar-refractivity contribution >= 4 is 33.1 Å². The van der Waals surface area contributed by atoms with Crippen molar-refractivity contribution in [2.75, 3.05) is 5.01 Å². The fourth-order valence-corrected chi connectivity index (χ4v) is 3.06. The molecule has 0 saturated heterocycles. The van der Waals surface area contributed by atoms with Crippen LogP contribution in [0, 0.1) is 13.8 Å². The fourth-order valence-electron chi connectivity index (χ4n) is 2.58. The van der Waals surface area contributed by atoms with Crippen LogP contribution in [0.15, 0.2) is 62.7 Å². The van der Waals surface area contributed by atoms with Gasteiger partial charge in [-0.2, -0.15) is 28.8 Å². The maximum atomic E-state index is 12.7. The number of amides is 1. The lowest BCUT2D eigenvalue weighted by atomic mass is 10.1. The highest BCUT2D eigenvalue weighted by Crippen LogP contribution is 2.26. The lowest BCUT2D eigenvalue weighted by Crippen LogP contribution is -2.29. The number of hydrogen-bond acceptors (Lipinski definition) is 6. The number of rotatable bonds is 4. The van der Waals surface area contributed by atoms with Gasteiger partial charge in [-0.1, -0.05) is 12.1 Å². The lowest BCUT2D eigenvalue weighted by molar-refractivity contribution is -0.117. The predicted molar refractivity (Wildman–Crippen MR) is 101 cm³/mol. The van der Waals surface area contributed by atoms with Crippen LogP contribution in [0.1, 0.15) is 18.1 Å². The molecule has 2 aromatic rings. The molecule has 8 nitrogen and oxygen atoms in total. The topological polar surface area (TPSA) is 112 Å². The van der Waals surface area contributed by atoms with Crippen LogP contribution in [0.4, 0.5) is 11.4 Å². The standard InChI is InChI=1S/C18H18N4O4S/c1-11-4-5-12(2)16(10-11)19-20-17-13(3)21-22(18(17)23)14-6-8-15(9-7-14)27(24,25)26/h4-10,17H,1-3H3,(H,24,25,26)/t17-/m0/s1. The Morgan fingerprint density at radius 2 is 1.74 bits per heavy atom. The number of anilines is 1. The predicted octanol–water partition coefficient (Wildman–Crippen LogP) is 3.43. The Kier molecular flexibility index (Phi) is 4.90. The minimum Gasteiger partial charge on any atom is -0.282 e. The number of aryl methyl sites for hydroxylation is 2. The molecular weight excluding hydrogens is 368 g/mol. The minimum atomic E-state index is -4.30. The van der Waals surface area contributed by atoms with Crippen LogP contribution >= 0.6 is 0 Å². The maximum Gasteiger partial charge on any atom is 0.294 e. The SMILES string of the molecule is CC1=NN(c2ccc(S(=O)(=O)O)cc2)C(=O)[C@H]1N=Nc1cc(C)ccc1C. The summed E-state index contributed by atoms with van der Waals surface area (Å²) in [5.74, 6) is -0.388.